The molecule has 5 amide bonds. The highest BCUT2D eigenvalue weighted by atomic mass is 16.5. The van der Waals surface area contributed by atoms with Crippen LogP contribution in [0.4, 0.5) is 4.79 Å². The molecule has 3 aliphatic carbocycles. The number of carbonyl (C=O) groups is 5. The Morgan fingerprint density at radius 2 is 1.60 bits per heavy atom. The number of hydrogen-bond acceptors (Lipinski definition) is 6. The van der Waals surface area contributed by atoms with Crippen LogP contribution in [0.1, 0.15) is 92.9 Å². The topological polar surface area (TPSA) is 160 Å². The Balaban J connectivity index is 1.59. The van der Waals surface area contributed by atoms with Gasteiger partial charge >= 0.3 is 6.03 Å². The van der Waals surface area contributed by atoms with Crippen LogP contribution in [0, 0.1) is 34.0 Å². The maximum Gasteiger partial charge on any atom is 0.315 e. The smallest absolute Gasteiger partial charge is 0.315 e. The fourth-order valence-electron chi connectivity index (χ4n) is 7.51. The number of piperidine rings is 1. The van der Waals surface area contributed by atoms with Gasteiger partial charge in [0.25, 0.3) is 5.91 Å². The molecule has 0 spiro atoms. The summed E-state index contributed by atoms with van der Waals surface area (Å²) in [6.07, 6.45) is 6.80. The standard InChI is InChI=1S/C32H53N5O6/c1-30(2,3)21(17-43-7)35-29(42)36-25(32(6)13-9-8-10-14-32)28(41)37-16-19-22(31(19,4)5)23(37)27(40)34-20(15-18-11-12-18)24(38)26(33)39/h18-23,25H,8-17H2,1-7H3,(H2,33,39)(H,34,40)(H2,35,36,42)/t19?,20?,21-,22?,23?,25-/m1/s1. The number of nitrogens with two attached hydrogens (primary N) is 1. The lowest BCUT2D eigenvalue weighted by atomic mass is 9.70. The third-order valence-corrected chi connectivity index (χ3v) is 10.8. The maximum absolute atomic E-state index is 14.5. The minimum atomic E-state index is -1.07. The van der Waals surface area contributed by atoms with Gasteiger partial charge in [-0.15, -0.1) is 0 Å². The number of fused-ring (bicyclic) bond motifs is 1. The normalized spacial score (nSPS) is 27.7. The number of carbonyl (C=O) groups excluding carboxylic acids is 5. The van der Waals surface area contributed by atoms with E-state index in [1.165, 1.54) is 0 Å². The maximum atomic E-state index is 14.5. The molecule has 0 aromatic rings. The number of likely N-dealkylation sites (tertiary alicyclic amines) is 1. The van der Waals surface area contributed by atoms with Crippen molar-refractivity contribution in [2.45, 2.75) is 117 Å². The fraction of sp³-hybridized carbons (Fsp3) is 0.844. The van der Waals surface area contributed by atoms with Gasteiger partial charge in [-0.1, -0.05) is 73.6 Å². The third kappa shape index (κ3) is 7.18. The Kier molecular flexibility index (Phi) is 9.55. The molecule has 0 bridgehead atoms. The molecule has 0 aromatic carbocycles. The molecule has 6 atom stereocenters. The summed E-state index contributed by atoms with van der Waals surface area (Å²) in [5.41, 5.74) is 4.42. The number of urea groups is 1. The largest absolute Gasteiger partial charge is 0.383 e. The van der Waals surface area contributed by atoms with E-state index in [9.17, 15) is 24.0 Å². The van der Waals surface area contributed by atoms with E-state index in [1.807, 2.05) is 20.8 Å². The predicted octanol–water partition coefficient (Wildman–Crippen LogP) is 2.51. The molecule has 0 aromatic heterocycles. The first-order chi connectivity index (χ1) is 20.0. The summed E-state index contributed by atoms with van der Waals surface area (Å²) in [4.78, 5) is 68.0. The first kappa shape index (κ1) is 33.2. The van der Waals surface area contributed by atoms with E-state index in [1.54, 1.807) is 12.0 Å². The molecule has 11 nitrogen and oxygen atoms in total. The minimum absolute atomic E-state index is 0.0812. The zero-order valence-corrected chi connectivity index (χ0v) is 27.1. The molecular weight excluding hydrogens is 550 g/mol. The number of Topliss-reactive ketones (excluding diaryl/α,β-unsaturated/α-hetero) is 1. The van der Waals surface area contributed by atoms with Gasteiger partial charge in [-0.25, -0.2) is 4.79 Å². The summed E-state index contributed by atoms with van der Waals surface area (Å²) in [6, 6.07) is -3.35. The number of primary amides is 1. The van der Waals surface area contributed by atoms with Crippen LogP contribution in [0.3, 0.4) is 0 Å². The van der Waals surface area contributed by atoms with E-state index < -0.39 is 47.2 Å². The van der Waals surface area contributed by atoms with E-state index >= 15 is 0 Å². The van der Waals surface area contributed by atoms with Gasteiger partial charge < -0.3 is 31.3 Å². The van der Waals surface area contributed by atoms with Crippen molar-refractivity contribution < 1.29 is 28.7 Å². The van der Waals surface area contributed by atoms with Crippen molar-refractivity contribution >= 4 is 29.5 Å². The van der Waals surface area contributed by atoms with Crippen molar-refractivity contribution in [2.24, 2.45) is 39.7 Å². The third-order valence-electron chi connectivity index (χ3n) is 10.8. The highest BCUT2D eigenvalue weighted by Gasteiger charge is 2.70. The van der Waals surface area contributed by atoms with Crippen LogP contribution in [0.25, 0.3) is 0 Å². The molecule has 4 unspecified atom stereocenters. The average Bonchev–Trinajstić information content (AvgIpc) is 3.77. The molecule has 1 saturated heterocycles. The van der Waals surface area contributed by atoms with Crippen molar-refractivity contribution in [3.05, 3.63) is 0 Å². The minimum Gasteiger partial charge on any atom is -0.383 e. The second kappa shape index (κ2) is 12.4. The average molecular weight is 604 g/mol. The number of ether oxygens (including phenoxy) is 1. The summed E-state index contributed by atoms with van der Waals surface area (Å²) in [5.74, 6) is -2.27. The molecule has 242 valence electrons. The molecule has 4 aliphatic rings. The van der Waals surface area contributed by atoms with Crippen LogP contribution in [0.2, 0.25) is 0 Å². The molecule has 1 heterocycles. The molecule has 1 aliphatic heterocycles. The van der Waals surface area contributed by atoms with Gasteiger partial charge in [-0.2, -0.15) is 0 Å². The SMILES string of the molecule is COC[C@@H](NC(=O)N[C@H](C(=O)N1CC2C(C1C(=O)NC(CC1CC1)C(=O)C(N)=O)C2(C)C)C1(C)CCCCC1)C(C)(C)C. The van der Waals surface area contributed by atoms with Gasteiger partial charge in [0.1, 0.15) is 12.1 Å². The number of amides is 5. The number of rotatable bonds is 12. The van der Waals surface area contributed by atoms with Crippen LogP contribution in [0.5, 0.6) is 0 Å². The van der Waals surface area contributed by atoms with Crippen molar-refractivity contribution in [3.63, 3.8) is 0 Å². The molecule has 4 rings (SSSR count). The van der Waals surface area contributed by atoms with Gasteiger partial charge in [0.2, 0.25) is 17.6 Å². The first-order valence-corrected chi connectivity index (χ1v) is 16.0. The lowest BCUT2D eigenvalue weighted by Gasteiger charge is -2.43. The zero-order valence-electron chi connectivity index (χ0n) is 27.1. The summed E-state index contributed by atoms with van der Waals surface area (Å²) >= 11 is 0. The lowest BCUT2D eigenvalue weighted by molar-refractivity contribution is -0.145. The van der Waals surface area contributed by atoms with E-state index in [-0.39, 0.29) is 40.5 Å². The van der Waals surface area contributed by atoms with Crippen LogP contribution in [-0.2, 0) is 23.9 Å². The van der Waals surface area contributed by atoms with Crippen LogP contribution in [0.15, 0.2) is 0 Å². The zero-order chi connectivity index (χ0) is 31.9. The molecular formula is C32H53N5O6. The summed E-state index contributed by atoms with van der Waals surface area (Å²) < 4.78 is 5.35. The molecule has 3 saturated carbocycles. The number of nitrogens with one attached hydrogen (secondary N) is 3. The summed E-state index contributed by atoms with van der Waals surface area (Å²) in [6.45, 7) is 13.0. The first-order valence-electron chi connectivity index (χ1n) is 16.0. The van der Waals surface area contributed by atoms with Crippen LogP contribution < -0.4 is 21.7 Å². The fourth-order valence-corrected chi connectivity index (χ4v) is 7.51. The second-order valence-electron chi connectivity index (χ2n) is 15.5. The molecule has 43 heavy (non-hydrogen) atoms. The van der Waals surface area contributed by atoms with Gasteiger partial charge in [-0.3, -0.25) is 19.2 Å². The van der Waals surface area contributed by atoms with E-state index in [0.717, 1.165) is 44.9 Å². The van der Waals surface area contributed by atoms with E-state index in [4.69, 9.17) is 10.5 Å². The second-order valence-corrected chi connectivity index (χ2v) is 15.5. The molecule has 11 heteroatoms. The Morgan fingerprint density at radius 3 is 2.14 bits per heavy atom. The van der Waals surface area contributed by atoms with E-state index in [2.05, 4.69) is 36.7 Å². The Hall–Kier alpha value is -2.69. The lowest BCUT2D eigenvalue weighted by Crippen LogP contribution is -2.63. The molecule has 5 N–H and O–H groups in total. The molecule has 0 radical (unpaired) electrons. The summed E-state index contributed by atoms with van der Waals surface area (Å²) in [7, 11) is 1.59. The van der Waals surface area contributed by atoms with Gasteiger partial charge in [-0.05, 0) is 53.3 Å². The van der Waals surface area contributed by atoms with Crippen LogP contribution in [-0.4, -0.2) is 78.9 Å². The number of nitrogens with zero attached hydrogens (tertiary/aromatic N) is 1. The van der Waals surface area contributed by atoms with E-state index in [0.29, 0.717) is 19.6 Å². The monoisotopic (exact) mass is 603 g/mol. The summed E-state index contributed by atoms with van der Waals surface area (Å²) in [5, 5.41) is 8.88. The van der Waals surface area contributed by atoms with Crippen molar-refractivity contribution in [2.75, 3.05) is 20.3 Å². The van der Waals surface area contributed by atoms with Crippen molar-refractivity contribution in [3.8, 4) is 0 Å². The number of methoxy groups -OCH3 is 1. The quantitative estimate of drug-likeness (QED) is 0.251. The van der Waals surface area contributed by atoms with Crippen molar-refractivity contribution in [1.82, 2.24) is 20.9 Å². The van der Waals surface area contributed by atoms with Gasteiger partial charge in [0, 0.05) is 13.7 Å². The Morgan fingerprint density at radius 1 is 0.977 bits per heavy atom. The Labute approximate surface area is 256 Å². The van der Waals surface area contributed by atoms with Crippen LogP contribution >= 0.6 is 0 Å². The van der Waals surface area contributed by atoms with Gasteiger partial charge in [0.15, 0.2) is 0 Å². The molecule has 4 fully saturated rings. The van der Waals surface area contributed by atoms with Gasteiger partial charge in [0.05, 0.1) is 18.7 Å². The van der Waals surface area contributed by atoms with Crippen molar-refractivity contribution in [1.29, 1.82) is 0 Å². The highest BCUT2D eigenvalue weighted by molar-refractivity contribution is 6.37. The Bertz CT molecular complexity index is 1110. The highest BCUT2D eigenvalue weighted by Crippen LogP contribution is 2.65. The number of hydrogen-bond donors (Lipinski definition) is 4. The predicted molar refractivity (Wildman–Crippen MR) is 162 cm³/mol. The number of ketones is 1.